The van der Waals surface area contributed by atoms with Gasteiger partial charge in [0.15, 0.2) is 0 Å². The Balaban J connectivity index is 1.61. The normalized spacial score (nSPS) is 52.9. The second kappa shape index (κ2) is 7.49. The van der Waals surface area contributed by atoms with E-state index in [9.17, 15) is 20.1 Å². The fraction of sp³-hybridized carbons (Fsp3) is 0.958. The van der Waals surface area contributed by atoms with E-state index >= 15 is 0 Å². The molecule has 0 aliphatic heterocycles. The summed E-state index contributed by atoms with van der Waals surface area (Å²) in [6.45, 7) is 6.72. The van der Waals surface area contributed by atoms with Crippen LogP contribution in [0.15, 0.2) is 0 Å². The number of aliphatic hydroxyl groups excluding tert-OH is 3. The van der Waals surface area contributed by atoms with E-state index in [1.54, 1.807) is 0 Å². The molecule has 0 spiro atoms. The first-order valence-corrected chi connectivity index (χ1v) is 11.8. The van der Waals surface area contributed by atoms with Gasteiger partial charge in [0.05, 0.1) is 18.3 Å². The number of hydrogen-bond acceptors (Lipinski definition) is 4. The van der Waals surface area contributed by atoms with Crippen LogP contribution in [0.4, 0.5) is 0 Å². The first-order chi connectivity index (χ1) is 13.6. The largest absolute Gasteiger partial charge is 0.481 e. The smallest absolute Gasteiger partial charge is 0.303 e. The molecule has 166 valence electrons. The van der Waals surface area contributed by atoms with E-state index in [2.05, 4.69) is 20.8 Å². The van der Waals surface area contributed by atoms with Crippen LogP contribution in [-0.4, -0.2) is 44.7 Å². The van der Waals surface area contributed by atoms with Gasteiger partial charge in [-0.1, -0.05) is 20.8 Å². The Kier molecular flexibility index (Phi) is 5.57. The molecule has 0 aromatic carbocycles. The monoisotopic (exact) mass is 408 g/mol. The van der Waals surface area contributed by atoms with Gasteiger partial charge in [0.1, 0.15) is 0 Å². The Labute approximate surface area is 174 Å². The van der Waals surface area contributed by atoms with E-state index in [-0.39, 0.29) is 41.3 Å². The third-order valence-electron chi connectivity index (χ3n) is 10.3. The molecule has 0 aromatic heterocycles. The lowest BCUT2D eigenvalue weighted by atomic mass is 9.43. The second-order valence-corrected chi connectivity index (χ2v) is 11.4. The van der Waals surface area contributed by atoms with E-state index in [1.807, 2.05) is 0 Å². The lowest BCUT2D eigenvalue weighted by Crippen LogP contribution is -2.62. The number of aliphatic carboxylic acids is 1. The Hall–Kier alpha value is -0.650. The van der Waals surface area contributed by atoms with E-state index in [0.29, 0.717) is 30.1 Å². The fourth-order valence-corrected chi connectivity index (χ4v) is 8.68. The number of carboxylic acids is 1. The standard InChI is InChI=1S/C24H40O5/c1-13(4-7-21(28)29)16-5-6-17-22-18(12-20(27)24(16,17)3)23(2)9-8-15(25)10-14(23)11-19(22)26/h13-20,22,25-27H,4-12H2,1-3H3,(H,28,29)/t13-,14+,15-,16+,17+,18+,19-,20+,22+,23+,24-/m1/s1. The van der Waals surface area contributed by atoms with Crippen molar-refractivity contribution < 1.29 is 25.2 Å². The molecule has 5 nitrogen and oxygen atoms in total. The number of hydrogen-bond donors (Lipinski definition) is 4. The predicted molar refractivity (Wildman–Crippen MR) is 110 cm³/mol. The Morgan fingerprint density at radius 2 is 1.76 bits per heavy atom. The molecule has 0 aromatic rings. The maximum atomic E-state index is 11.5. The highest BCUT2D eigenvalue weighted by molar-refractivity contribution is 5.66. The molecule has 4 rings (SSSR count). The number of rotatable bonds is 4. The molecule has 0 bridgehead atoms. The minimum absolute atomic E-state index is 0.0957. The molecule has 0 amide bonds. The molecule has 4 N–H and O–H groups in total. The molecule has 0 heterocycles. The SMILES string of the molecule is C[C@H](CCC(=O)O)[C@@H]1CC[C@H]2[C@@H]3[C@H](O)C[C@@H]4C[C@H](O)CC[C@]4(C)[C@H]3C[C@H](O)[C@@]21C. The molecule has 29 heavy (non-hydrogen) atoms. The van der Waals surface area contributed by atoms with Crippen LogP contribution in [0.25, 0.3) is 0 Å². The van der Waals surface area contributed by atoms with Crippen LogP contribution in [0.1, 0.15) is 78.6 Å². The Morgan fingerprint density at radius 3 is 2.45 bits per heavy atom. The van der Waals surface area contributed by atoms with Gasteiger partial charge in [0, 0.05) is 6.42 Å². The zero-order chi connectivity index (χ0) is 21.1. The lowest BCUT2D eigenvalue weighted by molar-refractivity contribution is -0.207. The quantitative estimate of drug-likeness (QED) is 0.571. The van der Waals surface area contributed by atoms with Crippen molar-refractivity contribution in [3.05, 3.63) is 0 Å². The summed E-state index contributed by atoms with van der Waals surface area (Å²) >= 11 is 0. The predicted octanol–water partition coefficient (Wildman–Crippen LogP) is 3.45. The summed E-state index contributed by atoms with van der Waals surface area (Å²) < 4.78 is 0. The minimum atomic E-state index is -0.748. The van der Waals surface area contributed by atoms with Gasteiger partial charge < -0.3 is 20.4 Å². The fourth-order valence-electron chi connectivity index (χ4n) is 8.68. The molecule has 4 aliphatic carbocycles. The van der Waals surface area contributed by atoms with Gasteiger partial charge in [0.25, 0.3) is 0 Å². The highest BCUT2D eigenvalue weighted by Crippen LogP contribution is 2.68. The van der Waals surface area contributed by atoms with Crippen LogP contribution in [0.3, 0.4) is 0 Å². The average Bonchev–Trinajstić information content (AvgIpc) is 3.01. The molecule has 0 unspecified atom stereocenters. The van der Waals surface area contributed by atoms with Crippen molar-refractivity contribution in [1.29, 1.82) is 0 Å². The van der Waals surface area contributed by atoms with Crippen LogP contribution in [0.5, 0.6) is 0 Å². The van der Waals surface area contributed by atoms with Crippen LogP contribution < -0.4 is 0 Å². The number of carboxylic acid groups (broad SMARTS) is 1. The summed E-state index contributed by atoms with van der Waals surface area (Å²) in [5, 5.41) is 42.0. The van der Waals surface area contributed by atoms with E-state index in [4.69, 9.17) is 5.11 Å². The van der Waals surface area contributed by atoms with Gasteiger partial charge in [-0.3, -0.25) is 4.79 Å². The summed E-state index contributed by atoms with van der Waals surface area (Å²) in [5.41, 5.74) is -0.143. The first kappa shape index (κ1) is 21.6. The summed E-state index contributed by atoms with van der Waals surface area (Å²) in [6.07, 6.45) is 6.00. The summed E-state index contributed by atoms with van der Waals surface area (Å²) in [7, 11) is 0. The molecule has 5 heteroatoms. The van der Waals surface area contributed by atoms with E-state index < -0.39 is 12.1 Å². The van der Waals surface area contributed by atoms with Gasteiger partial charge in [-0.05, 0) is 97.7 Å². The van der Waals surface area contributed by atoms with Crippen LogP contribution in [0.2, 0.25) is 0 Å². The average molecular weight is 409 g/mol. The van der Waals surface area contributed by atoms with Gasteiger partial charge in [0.2, 0.25) is 0 Å². The molecule has 0 radical (unpaired) electrons. The van der Waals surface area contributed by atoms with Crippen molar-refractivity contribution in [3.8, 4) is 0 Å². The molecule has 4 saturated carbocycles. The van der Waals surface area contributed by atoms with Crippen molar-refractivity contribution in [2.24, 2.45) is 46.3 Å². The van der Waals surface area contributed by atoms with Crippen molar-refractivity contribution >= 4 is 5.97 Å². The van der Waals surface area contributed by atoms with E-state index in [1.165, 1.54) is 0 Å². The zero-order valence-electron chi connectivity index (χ0n) is 18.3. The Morgan fingerprint density at radius 1 is 1.03 bits per heavy atom. The topological polar surface area (TPSA) is 98.0 Å². The summed E-state index contributed by atoms with van der Waals surface area (Å²) in [5.74, 6) is 0.997. The molecule has 4 fully saturated rings. The number of fused-ring (bicyclic) bond motifs is 5. The van der Waals surface area contributed by atoms with Crippen LogP contribution >= 0.6 is 0 Å². The summed E-state index contributed by atoms with van der Waals surface area (Å²) in [6, 6.07) is 0. The van der Waals surface area contributed by atoms with Gasteiger partial charge in [-0.25, -0.2) is 0 Å². The Bertz CT molecular complexity index is 637. The van der Waals surface area contributed by atoms with Crippen molar-refractivity contribution in [2.75, 3.05) is 0 Å². The molecule has 11 atom stereocenters. The van der Waals surface area contributed by atoms with Crippen LogP contribution in [-0.2, 0) is 4.79 Å². The highest BCUT2D eigenvalue weighted by atomic mass is 16.4. The number of aliphatic hydroxyl groups is 3. The van der Waals surface area contributed by atoms with Crippen molar-refractivity contribution in [3.63, 3.8) is 0 Å². The van der Waals surface area contributed by atoms with E-state index in [0.717, 1.165) is 44.9 Å². The molecule has 4 aliphatic rings. The highest BCUT2D eigenvalue weighted by Gasteiger charge is 2.65. The van der Waals surface area contributed by atoms with Gasteiger partial charge in [-0.2, -0.15) is 0 Å². The van der Waals surface area contributed by atoms with Gasteiger partial charge >= 0.3 is 5.97 Å². The first-order valence-electron chi connectivity index (χ1n) is 11.8. The van der Waals surface area contributed by atoms with Gasteiger partial charge in [-0.15, -0.1) is 0 Å². The zero-order valence-corrected chi connectivity index (χ0v) is 18.3. The maximum Gasteiger partial charge on any atom is 0.303 e. The minimum Gasteiger partial charge on any atom is -0.481 e. The number of carbonyl (C=O) groups is 1. The summed E-state index contributed by atoms with van der Waals surface area (Å²) in [4.78, 5) is 11.1. The molecular formula is C24H40O5. The van der Waals surface area contributed by atoms with Crippen molar-refractivity contribution in [2.45, 2.75) is 96.9 Å². The maximum absolute atomic E-state index is 11.5. The third-order valence-corrected chi connectivity index (χ3v) is 10.3. The molecule has 0 saturated heterocycles. The van der Waals surface area contributed by atoms with Crippen LogP contribution in [0, 0.1) is 46.3 Å². The lowest BCUT2D eigenvalue weighted by Gasteiger charge is -2.63. The molecular weight excluding hydrogens is 368 g/mol. The third kappa shape index (κ3) is 3.27. The van der Waals surface area contributed by atoms with Crippen molar-refractivity contribution in [1.82, 2.24) is 0 Å². The second-order valence-electron chi connectivity index (χ2n) is 11.4.